The minimum absolute atomic E-state index is 0.741. The molecule has 3 heteroatoms. The molecule has 0 atom stereocenters. The highest BCUT2D eigenvalue weighted by atomic mass is 32.1. The van der Waals surface area contributed by atoms with Gasteiger partial charge in [0, 0.05) is 26.9 Å². The minimum atomic E-state index is 0.741. The van der Waals surface area contributed by atoms with Gasteiger partial charge in [-0.1, -0.05) is 105 Å². The number of nitrogens with zero attached hydrogens (tertiary/aromatic N) is 2. The van der Waals surface area contributed by atoms with Gasteiger partial charge in [-0.15, -0.1) is 11.3 Å². The van der Waals surface area contributed by atoms with Gasteiger partial charge in [0.15, 0.2) is 0 Å². The smallest absolute Gasteiger partial charge is 0.0884 e. The summed E-state index contributed by atoms with van der Waals surface area (Å²) in [6, 6.07) is 34.2. The van der Waals surface area contributed by atoms with Gasteiger partial charge < -0.3 is 0 Å². The average Bonchev–Trinajstić information content (AvgIpc) is 3.35. The number of thiophene rings is 1. The molecule has 0 fully saturated rings. The van der Waals surface area contributed by atoms with Crippen molar-refractivity contribution in [2.45, 2.75) is 34.1 Å². The third-order valence-corrected chi connectivity index (χ3v) is 9.08. The molecule has 0 saturated heterocycles. The molecule has 0 aliphatic rings. The first-order valence-electron chi connectivity index (χ1n) is 14.4. The Bertz CT molecular complexity index is 2010. The Labute approximate surface area is 252 Å². The van der Waals surface area contributed by atoms with Gasteiger partial charge in [0.25, 0.3) is 0 Å². The summed E-state index contributed by atoms with van der Waals surface area (Å²) in [6.45, 7) is 13.1. The van der Waals surface area contributed by atoms with Crippen molar-refractivity contribution in [3.05, 3.63) is 148 Å². The first-order valence-corrected chi connectivity index (χ1v) is 15.3. The van der Waals surface area contributed by atoms with Gasteiger partial charge in [0.2, 0.25) is 0 Å². The molecule has 0 aliphatic carbocycles. The van der Waals surface area contributed by atoms with Crippen molar-refractivity contribution in [3.8, 4) is 11.1 Å². The van der Waals surface area contributed by atoms with Gasteiger partial charge in [-0.2, -0.15) is 0 Å². The number of allylic oxidation sites excluding steroid dienone is 1. The number of rotatable bonds is 7. The van der Waals surface area contributed by atoms with Gasteiger partial charge >= 0.3 is 0 Å². The van der Waals surface area contributed by atoms with Crippen molar-refractivity contribution >= 4 is 49.8 Å². The second-order valence-electron chi connectivity index (χ2n) is 10.7. The SMILES string of the molecule is C=C(N=C(c1ccccc1)c1sc2ccccc2c1C)c1cccc(-c2cc(C)nc3c(C)c(/C=C\CC)ccc23)c1. The van der Waals surface area contributed by atoms with Crippen molar-refractivity contribution in [1.29, 1.82) is 0 Å². The van der Waals surface area contributed by atoms with Crippen LogP contribution in [-0.2, 0) is 0 Å². The van der Waals surface area contributed by atoms with Crippen molar-refractivity contribution in [3.63, 3.8) is 0 Å². The number of fused-ring (bicyclic) bond motifs is 2. The van der Waals surface area contributed by atoms with E-state index in [1.54, 1.807) is 11.3 Å². The maximum absolute atomic E-state index is 5.22. The number of hydrogen-bond acceptors (Lipinski definition) is 3. The van der Waals surface area contributed by atoms with Gasteiger partial charge in [-0.05, 0) is 78.6 Å². The third-order valence-electron chi connectivity index (χ3n) is 7.80. The zero-order valence-electron chi connectivity index (χ0n) is 24.6. The van der Waals surface area contributed by atoms with Crippen LogP contribution in [-0.4, -0.2) is 10.7 Å². The lowest BCUT2D eigenvalue weighted by Gasteiger charge is -2.13. The summed E-state index contributed by atoms with van der Waals surface area (Å²) >= 11 is 1.79. The first kappa shape index (κ1) is 27.6. The van der Waals surface area contributed by atoms with Crippen LogP contribution in [0.1, 0.15) is 51.7 Å². The highest BCUT2D eigenvalue weighted by molar-refractivity contribution is 7.21. The van der Waals surface area contributed by atoms with E-state index in [9.17, 15) is 0 Å². The molecule has 0 spiro atoms. The molecule has 42 heavy (non-hydrogen) atoms. The van der Waals surface area contributed by atoms with E-state index in [0.29, 0.717) is 0 Å². The summed E-state index contributed by atoms with van der Waals surface area (Å²) in [6.07, 6.45) is 5.41. The summed E-state index contributed by atoms with van der Waals surface area (Å²) in [7, 11) is 0. The van der Waals surface area contributed by atoms with Crippen LogP contribution >= 0.6 is 11.3 Å². The number of aromatic nitrogens is 1. The molecule has 2 heterocycles. The summed E-state index contributed by atoms with van der Waals surface area (Å²) in [4.78, 5) is 11.4. The molecule has 0 radical (unpaired) electrons. The molecule has 6 rings (SSSR count). The molecular formula is C39H34N2S. The fraction of sp³-hybridized carbons (Fsp3) is 0.128. The van der Waals surface area contributed by atoms with Gasteiger partial charge in [0.05, 0.1) is 21.8 Å². The van der Waals surface area contributed by atoms with Crippen LogP contribution in [0.5, 0.6) is 0 Å². The Kier molecular flexibility index (Phi) is 7.69. The van der Waals surface area contributed by atoms with Crippen molar-refractivity contribution < 1.29 is 0 Å². The summed E-state index contributed by atoms with van der Waals surface area (Å²) in [5, 5.41) is 2.43. The molecule has 0 unspecified atom stereocenters. The van der Waals surface area contributed by atoms with Crippen LogP contribution in [0.4, 0.5) is 0 Å². The highest BCUT2D eigenvalue weighted by Crippen LogP contribution is 2.35. The molecule has 0 aliphatic heterocycles. The Morgan fingerprint density at radius 2 is 1.57 bits per heavy atom. The van der Waals surface area contributed by atoms with E-state index in [-0.39, 0.29) is 0 Å². The lowest BCUT2D eigenvalue weighted by molar-refractivity contribution is 1.23. The van der Waals surface area contributed by atoms with Crippen LogP contribution in [0.2, 0.25) is 0 Å². The average molecular weight is 563 g/mol. The molecule has 0 saturated carbocycles. The van der Waals surface area contributed by atoms with Crippen LogP contribution in [0.25, 0.3) is 43.9 Å². The van der Waals surface area contributed by atoms with Crippen LogP contribution in [0, 0.1) is 20.8 Å². The molecule has 4 aromatic carbocycles. The minimum Gasteiger partial charge on any atom is -0.253 e. The number of aliphatic imine (C=N–C) groups is 1. The van der Waals surface area contributed by atoms with Crippen LogP contribution < -0.4 is 0 Å². The normalized spacial score (nSPS) is 12.0. The zero-order chi connectivity index (χ0) is 29.2. The molecule has 206 valence electrons. The Morgan fingerprint density at radius 3 is 2.36 bits per heavy atom. The number of pyridine rings is 1. The fourth-order valence-electron chi connectivity index (χ4n) is 5.55. The Morgan fingerprint density at radius 1 is 0.810 bits per heavy atom. The molecule has 2 aromatic heterocycles. The van der Waals surface area contributed by atoms with E-state index in [0.717, 1.165) is 51.1 Å². The van der Waals surface area contributed by atoms with Gasteiger partial charge in [0.1, 0.15) is 0 Å². The standard InChI is InChI=1S/C39H34N2S/c1-6-7-14-29-21-22-34-35(23-25(2)40-37(34)26(29)3)32-18-13-17-31(24-32)28(5)41-38(30-15-9-8-10-16-30)39-27(4)33-19-11-12-20-36(33)42-39/h7-24H,5-6H2,1-4H3/b14-7-,41-38?. The van der Waals surface area contributed by atoms with Crippen molar-refractivity contribution in [2.24, 2.45) is 4.99 Å². The maximum Gasteiger partial charge on any atom is 0.0884 e. The van der Waals surface area contributed by atoms with Crippen LogP contribution in [0.15, 0.2) is 115 Å². The second kappa shape index (κ2) is 11.7. The lowest BCUT2D eigenvalue weighted by Crippen LogP contribution is -2.03. The maximum atomic E-state index is 5.22. The van der Waals surface area contributed by atoms with Crippen molar-refractivity contribution in [2.75, 3.05) is 0 Å². The van der Waals surface area contributed by atoms with E-state index in [1.807, 2.05) is 6.07 Å². The van der Waals surface area contributed by atoms with E-state index in [4.69, 9.17) is 9.98 Å². The summed E-state index contributed by atoms with van der Waals surface area (Å²) in [5.41, 5.74) is 11.8. The zero-order valence-corrected chi connectivity index (χ0v) is 25.4. The quantitative estimate of drug-likeness (QED) is 0.178. The third kappa shape index (κ3) is 5.24. The molecular weight excluding hydrogens is 529 g/mol. The molecule has 0 N–H and O–H groups in total. The summed E-state index contributed by atoms with van der Waals surface area (Å²) < 4.78 is 1.27. The van der Waals surface area contributed by atoms with Gasteiger partial charge in [-0.3, -0.25) is 4.98 Å². The lowest BCUT2D eigenvalue weighted by atomic mass is 9.94. The van der Waals surface area contributed by atoms with E-state index in [2.05, 4.69) is 137 Å². The molecule has 0 amide bonds. The van der Waals surface area contributed by atoms with Gasteiger partial charge in [-0.25, -0.2) is 4.99 Å². The predicted molar refractivity (Wildman–Crippen MR) is 184 cm³/mol. The van der Waals surface area contributed by atoms with E-state index < -0.39 is 0 Å². The predicted octanol–water partition coefficient (Wildman–Crippen LogP) is 11.0. The van der Waals surface area contributed by atoms with Crippen molar-refractivity contribution in [1.82, 2.24) is 4.98 Å². The number of benzene rings is 4. The molecule has 6 aromatic rings. The number of hydrogen-bond donors (Lipinski definition) is 0. The number of aryl methyl sites for hydroxylation is 3. The second-order valence-corrected chi connectivity index (χ2v) is 11.8. The first-order chi connectivity index (χ1) is 20.4. The van der Waals surface area contributed by atoms with E-state index >= 15 is 0 Å². The highest BCUT2D eigenvalue weighted by Gasteiger charge is 2.17. The molecule has 2 nitrogen and oxygen atoms in total. The molecule has 0 bridgehead atoms. The largest absolute Gasteiger partial charge is 0.253 e. The van der Waals surface area contributed by atoms with Crippen LogP contribution in [0.3, 0.4) is 0 Å². The monoisotopic (exact) mass is 562 g/mol. The Balaban J connectivity index is 1.46. The Hall–Kier alpha value is -4.60. The summed E-state index contributed by atoms with van der Waals surface area (Å²) in [5.74, 6) is 0. The van der Waals surface area contributed by atoms with E-state index in [1.165, 1.54) is 37.2 Å². The topological polar surface area (TPSA) is 25.2 Å². The fourth-order valence-corrected chi connectivity index (χ4v) is 6.77.